The minimum absolute atomic E-state index is 0.0160. The van der Waals surface area contributed by atoms with Gasteiger partial charge in [-0.1, -0.05) is 12.1 Å². The van der Waals surface area contributed by atoms with Gasteiger partial charge in [-0.2, -0.15) is 0 Å². The van der Waals surface area contributed by atoms with E-state index in [-0.39, 0.29) is 22.5 Å². The maximum absolute atomic E-state index is 12.0. The van der Waals surface area contributed by atoms with Gasteiger partial charge in [-0.3, -0.25) is 14.9 Å². The number of carbonyl (C=O) groups is 1. The summed E-state index contributed by atoms with van der Waals surface area (Å²) in [4.78, 5) is 22.3. The van der Waals surface area contributed by atoms with Crippen molar-refractivity contribution in [3.05, 3.63) is 75.8 Å². The number of non-ortho nitro benzene ring substituents is 1. The van der Waals surface area contributed by atoms with Crippen molar-refractivity contribution in [3.63, 3.8) is 0 Å². The Labute approximate surface area is 151 Å². The maximum atomic E-state index is 12.0. The van der Waals surface area contributed by atoms with Crippen molar-refractivity contribution in [2.24, 2.45) is 0 Å². The van der Waals surface area contributed by atoms with Gasteiger partial charge < -0.3 is 5.32 Å². The van der Waals surface area contributed by atoms with Crippen molar-refractivity contribution in [2.75, 3.05) is 6.26 Å². The number of rotatable bonds is 6. The van der Waals surface area contributed by atoms with Crippen LogP contribution in [0.15, 0.2) is 59.5 Å². The predicted molar refractivity (Wildman–Crippen MR) is 98.2 cm³/mol. The Morgan fingerprint density at radius 3 is 2.19 bits per heavy atom. The van der Waals surface area contributed by atoms with Crippen molar-refractivity contribution < 1.29 is 18.1 Å². The number of carbonyl (C=O) groups excluding carboxylic acids is 1. The summed E-state index contributed by atoms with van der Waals surface area (Å²) in [6.45, 7) is 1.78. The molecule has 1 N–H and O–H groups in total. The molecular formula is C18H18N2O5S. The van der Waals surface area contributed by atoms with Crippen LogP contribution in [0.5, 0.6) is 0 Å². The largest absolute Gasteiger partial charge is 0.346 e. The van der Waals surface area contributed by atoms with Gasteiger partial charge in [0.2, 0.25) is 5.91 Å². The second-order valence-corrected chi connectivity index (χ2v) is 7.77. The molecule has 8 heteroatoms. The fourth-order valence-corrected chi connectivity index (χ4v) is 2.86. The summed E-state index contributed by atoms with van der Waals surface area (Å²) in [5.74, 6) is -0.331. The third kappa shape index (κ3) is 5.25. The van der Waals surface area contributed by atoms with Gasteiger partial charge in [0.1, 0.15) is 0 Å². The molecule has 0 aliphatic carbocycles. The van der Waals surface area contributed by atoms with Crippen molar-refractivity contribution in [2.45, 2.75) is 17.9 Å². The third-order valence-electron chi connectivity index (χ3n) is 3.70. The highest BCUT2D eigenvalue weighted by molar-refractivity contribution is 7.90. The monoisotopic (exact) mass is 374 g/mol. The van der Waals surface area contributed by atoms with E-state index in [0.717, 1.165) is 11.8 Å². The first kappa shape index (κ1) is 19.3. The molecule has 2 aromatic rings. The zero-order valence-corrected chi connectivity index (χ0v) is 15.1. The molecule has 0 heterocycles. The number of sulfone groups is 1. The number of amides is 1. The minimum Gasteiger partial charge on any atom is -0.346 e. The molecule has 1 amide bonds. The molecule has 0 saturated heterocycles. The lowest BCUT2D eigenvalue weighted by molar-refractivity contribution is -0.384. The summed E-state index contributed by atoms with van der Waals surface area (Å²) in [6.07, 6.45) is 4.03. The quantitative estimate of drug-likeness (QED) is 0.475. The summed E-state index contributed by atoms with van der Waals surface area (Å²) in [6, 6.07) is 11.8. The average Bonchev–Trinajstić information content (AvgIpc) is 2.59. The van der Waals surface area contributed by atoms with Crippen LogP contribution in [0.25, 0.3) is 6.08 Å². The first-order valence-corrected chi connectivity index (χ1v) is 9.59. The van der Waals surface area contributed by atoms with Crippen LogP contribution in [0.3, 0.4) is 0 Å². The molecule has 0 radical (unpaired) electrons. The van der Waals surface area contributed by atoms with Gasteiger partial charge in [-0.25, -0.2) is 8.42 Å². The molecule has 0 aliphatic rings. The summed E-state index contributed by atoms with van der Waals surface area (Å²) in [5, 5.41) is 13.4. The van der Waals surface area contributed by atoms with E-state index >= 15 is 0 Å². The van der Waals surface area contributed by atoms with Gasteiger partial charge in [0.25, 0.3) is 5.69 Å². The molecule has 0 fully saturated rings. The van der Waals surface area contributed by atoms with Gasteiger partial charge in [0.05, 0.1) is 15.9 Å². The molecule has 0 spiro atoms. The lowest BCUT2D eigenvalue weighted by Gasteiger charge is -2.13. The fourth-order valence-electron chi connectivity index (χ4n) is 2.23. The Morgan fingerprint density at radius 2 is 1.69 bits per heavy atom. The third-order valence-corrected chi connectivity index (χ3v) is 4.83. The summed E-state index contributed by atoms with van der Waals surface area (Å²) >= 11 is 0. The van der Waals surface area contributed by atoms with Gasteiger partial charge >= 0.3 is 0 Å². The van der Waals surface area contributed by atoms with Gasteiger partial charge in [-0.05, 0) is 48.4 Å². The van der Waals surface area contributed by atoms with Crippen molar-refractivity contribution in [1.82, 2.24) is 5.32 Å². The van der Waals surface area contributed by atoms with Crippen LogP contribution in [0.1, 0.15) is 24.1 Å². The molecule has 7 nitrogen and oxygen atoms in total. The molecule has 2 aromatic carbocycles. The Bertz CT molecular complexity index is 933. The van der Waals surface area contributed by atoms with E-state index in [0.29, 0.717) is 5.56 Å². The highest BCUT2D eigenvalue weighted by atomic mass is 32.2. The number of hydrogen-bond acceptors (Lipinski definition) is 5. The van der Waals surface area contributed by atoms with E-state index in [1.165, 1.54) is 30.3 Å². The molecule has 1 atom stereocenters. The summed E-state index contributed by atoms with van der Waals surface area (Å²) in [5.41, 5.74) is 1.42. The van der Waals surface area contributed by atoms with Crippen LogP contribution in [-0.4, -0.2) is 25.5 Å². The molecule has 0 aromatic heterocycles. The zero-order chi connectivity index (χ0) is 19.3. The van der Waals surface area contributed by atoms with Gasteiger partial charge in [0, 0.05) is 24.5 Å². The van der Waals surface area contributed by atoms with E-state index in [4.69, 9.17) is 0 Å². The number of benzene rings is 2. The predicted octanol–water partition coefficient (Wildman–Crippen LogP) is 2.89. The van der Waals surface area contributed by atoms with Crippen LogP contribution in [0.2, 0.25) is 0 Å². The Kier molecular flexibility index (Phi) is 5.89. The highest BCUT2D eigenvalue weighted by Crippen LogP contribution is 2.16. The van der Waals surface area contributed by atoms with Crippen LogP contribution < -0.4 is 5.32 Å². The lowest BCUT2D eigenvalue weighted by atomic mass is 10.1. The van der Waals surface area contributed by atoms with E-state index in [2.05, 4.69) is 5.32 Å². The molecule has 26 heavy (non-hydrogen) atoms. The second-order valence-electron chi connectivity index (χ2n) is 5.75. The smallest absolute Gasteiger partial charge is 0.269 e. The van der Waals surface area contributed by atoms with E-state index in [1.807, 2.05) is 0 Å². The number of nitro benzene ring substituents is 1. The standard InChI is InChI=1S/C18H18N2O5S/c1-13(15-6-10-17(11-7-15)26(2,24)25)19-18(21)12-5-14-3-8-16(9-4-14)20(22)23/h3-13H,1-2H3,(H,19,21)/b12-5+/t13-/m0/s1. The van der Waals surface area contributed by atoms with Crippen LogP contribution >= 0.6 is 0 Å². The highest BCUT2D eigenvalue weighted by Gasteiger charge is 2.11. The van der Waals surface area contributed by atoms with Crippen molar-refractivity contribution in [3.8, 4) is 0 Å². The minimum atomic E-state index is -3.26. The number of nitrogens with one attached hydrogen (secondary N) is 1. The van der Waals surface area contributed by atoms with E-state index in [9.17, 15) is 23.3 Å². The number of nitrogens with zero attached hydrogens (tertiary/aromatic N) is 1. The normalized spacial score (nSPS) is 12.7. The SMILES string of the molecule is C[C@H](NC(=O)/C=C/c1ccc([N+](=O)[O-])cc1)c1ccc(S(C)(=O)=O)cc1. The number of nitro groups is 1. The fraction of sp³-hybridized carbons (Fsp3) is 0.167. The van der Waals surface area contributed by atoms with Crippen LogP contribution in [-0.2, 0) is 14.6 Å². The molecule has 0 unspecified atom stereocenters. The van der Waals surface area contributed by atoms with E-state index < -0.39 is 14.8 Å². The molecule has 0 saturated carbocycles. The molecule has 2 rings (SSSR count). The maximum Gasteiger partial charge on any atom is 0.269 e. The molecular weight excluding hydrogens is 356 g/mol. The summed E-state index contributed by atoms with van der Waals surface area (Å²) < 4.78 is 22.9. The summed E-state index contributed by atoms with van der Waals surface area (Å²) in [7, 11) is -3.26. The number of hydrogen-bond donors (Lipinski definition) is 1. The van der Waals surface area contributed by atoms with Gasteiger partial charge in [0.15, 0.2) is 9.84 Å². The Balaban J connectivity index is 1.99. The van der Waals surface area contributed by atoms with E-state index in [1.54, 1.807) is 37.3 Å². The Hall–Kier alpha value is -3.00. The van der Waals surface area contributed by atoms with Crippen LogP contribution in [0, 0.1) is 10.1 Å². The zero-order valence-electron chi connectivity index (χ0n) is 14.2. The van der Waals surface area contributed by atoms with Crippen molar-refractivity contribution >= 4 is 27.5 Å². The molecule has 136 valence electrons. The first-order chi connectivity index (χ1) is 12.2. The Morgan fingerprint density at radius 1 is 1.12 bits per heavy atom. The molecule has 0 bridgehead atoms. The topological polar surface area (TPSA) is 106 Å². The average molecular weight is 374 g/mol. The first-order valence-electron chi connectivity index (χ1n) is 7.70. The second kappa shape index (κ2) is 7.92. The van der Waals surface area contributed by atoms with Gasteiger partial charge in [-0.15, -0.1) is 0 Å². The van der Waals surface area contributed by atoms with Crippen molar-refractivity contribution in [1.29, 1.82) is 0 Å². The molecule has 0 aliphatic heterocycles. The lowest BCUT2D eigenvalue weighted by Crippen LogP contribution is -2.24. The van der Waals surface area contributed by atoms with Crippen LogP contribution in [0.4, 0.5) is 5.69 Å².